The van der Waals surface area contributed by atoms with E-state index >= 15 is 0 Å². The van der Waals surface area contributed by atoms with Gasteiger partial charge in [0.05, 0.1) is 0 Å². The summed E-state index contributed by atoms with van der Waals surface area (Å²) < 4.78 is 2.06. The monoisotopic (exact) mass is 360 g/mol. The van der Waals surface area contributed by atoms with Crippen LogP contribution >= 0.6 is 0 Å². The van der Waals surface area contributed by atoms with Gasteiger partial charge in [-0.15, -0.1) is 0 Å². The molecule has 27 heavy (non-hydrogen) atoms. The zero-order valence-electron chi connectivity index (χ0n) is 16.0. The number of benzene rings is 2. The topological polar surface area (TPSA) is 51.1 Å². The highest BCUT2D eigenvalue weighted by Crippen LogP contribution is 2.26. The van der Waals surface area contributed by atoms with E-state index in [1.54, 1.807) is 6.92 Å². The van der Waals surface area contributed by atoms with Gasteiger partial charge in [0.25, 0.3) is 0 Å². The molecule has 0 fully saturated rings. The van der Waals surface area contributed by atoms with E-state index in [0.717, 1.165) is 28.2 Å². The van der Waals surface area contributed by atoms with Crippen molar-refractivity contribution in [3.8, 4) is 11.3 Å². The first-order chi connectivity index (χ1) is 13.0. The Bertz CT molecular complexity index is 954. The average molecular weight is 360 g/mol. The molecule has 0 bridgehead atoms. The van der Waals surface area contributed by atoms with Crippen LogP contribution in [0.4, 0.5) is 5.69 Å². The van der Waals surface area contributed by atoms with E-state index in [1.165, 1.54) is 0 Å². The summed E-state index contributed by atoms with van der Waals surface area (Å²) in [5.74, 6) is -0.0112. The van der Waals surface area contributed by atoms with E-state index in [1.807, 2.05) is 74.5 Å². The Morgan fingerprint density at radius 3 is 2.26 bits per heavy atom. The maximum absolute atomic E-state index is 12.4. The first kappa shape index (κ1) is 18.6. The molecule has 0 unspecified atom stereocenters. The Morgan fingerprint density at radius 2 is 1.63 bits per heavy atom. The molecule has 4 nitrogen and oxygen atoms in total. The van der Waals surface area contributed by atoms with E-state index in [-0.39, 0.29) is 11.7 Å². The predicted molar refractivity (Wildman–Crippen MR) is 109 cm³/mol. The molecule has 3 rings (SSSR count). The van der Waals surface area contributed by atoms with Crippen LogP contribution in [0.3, 0.4) is 0 Å². The molecule has 1 N–H and O–H groups in total. The standard InChI is InChI=1S/C23H24N2O2/c1-16-9-11-20(12-10-16)24-23(27)13-14-25-17(2)21(18(3)26)15-22(25)19-7-5-4-6-8-19/h4-12,15H,13-14H2,1-3H3,(H,24,27). The zero-order valence-corrected chi connectivity index (χ0v) is 16.0. The van der Waals surface area contributed by atoms with Crippen LogP contribution in [0.25, 0.3) is 11.3 Å². The van der Waals surface area contributed by atoms with E-state index in [4.69, 9.17) is 0 Å². The summed E-state index contributed by atoms with van der Waals surface area (Å²) in [6.07, 6.45) is 0.334. The van der Waals surface area contributed by atoms with Gasteiger partial charge in [-0.3, -0.25) is 9.59 Å². The van der Waals surface area contributed by atoms with Gasteiger partial charge in [0.1, 0.15) is 0 Å². The summed E-state index contributed by atoms with van der Waals surface area (Å²) in [5.41, 5.74) is 5.54. The SMILES string of the molecule is CC(=O)c1cc(-c2ccccc2)n(CCC(=O)Nc2ccc(C)cc2)c1C. The van der Waals surface area contributed by atoms with E-state index in [2.05, 4.69) is 9.88 Å². The van der Waals surface area contributed by atoms with Crippen LogP contribution in [0.5, 0.6) is 0 Å². The lowest BCUT2D eigenvalue weighted by atomic mass is 10.1. The first-order valence-electron chi connectivity index (χ1n) is 9.08. The summed E-state index contributed by atoms with van der Waals surface area (Å²) in [4.78, 5) is 24.4. The summed E-state index contributed by atoms with van der Waals surface area (Å²) in [6, 6.07) is 19.6. The Morgan fingerprint density at radius 1 is 0.963 bits per heavy atom. The third-order valence-electron chi connectivity index (χ3n) is 4.71. The maximum atomic E-state index is 12.4. The number of hydrogen-bond donors (Lipinski definition) is 1. The van der Waals surface area contributed by atoms with E-state index in [9.17, 15) is 9.59 Å². The quantitative estimate of drug-likeness (QED) is 0.629. The Kier molecular flexibility index (Phi) is 5.55. The Labute approximate surface area is 159 Å². The minimum Gasteiger partial charge on any atom is -0.344 e. The van der Waals surface area contributed by atoms with E-state index in [0.29, 0.717) is 18.5 Å². The van der Waals surface area contributed by atoms with Gasteiger partial charge in [-0.1, -0.05) is 48.0 Å². The van der Waals surface area contributed by atoms with Gasteiger partial charge in [0.15, 0.2) is 5.78 Å². The van der Waals surface area contributed by atoms with E-state index < -0.39 is 0 Å². The van der Waals surface area contributed by atoms with Crippen molar-refractivity contribution in [2.45, 2.75) is 33.7 Å². The molecule has 0 saturated carbocycles. The summed E-state index contributed by atoms with van der Waals surface area (Å²) in [5, 5.41) is 2.93. The zero-order chi connectivity index (χ0) is 19.4. The first-order valence-corrected chi connectivity index (χ1v) is 9.08. The molecule has 1 amide bonds. The van der Waals surface area contributed by atoms with Crippen molar-refractivity contribution in [1.82, 2.24) is 4.57 Å². The Hall–Kier alpha value is -3.14. The van der Waals surface area contributed by atoms with Gasteiger partial charge in [0, 0.05) is 35.6 Å². The van der Waals surface area contributed by atoms with Crippen LogP contribution in [0.15, 0.2) is 60.7 Å². The largest absolute Gasteiger partial charge is 0.344 e. The molecule has 0 saturated heterocycles. The van der Waals surface area contributed by atoms with Crippen LogP contribution in [0.1, 0.15) is 35.0 Å². The maximum Gasteiger partial charge on any atom is 0.226 e. The van der Waals surface area contributed by atoms with Gasteiger partial charge in [-0.25, -0.2) is 0 Å². The van der Waals surface area contributed by atoms with Crippen molar-refractivity contribution in [1.29, 1.82) is 0 Å². The minimum absolute atomic E-state index is 0.0348. The molecule has 2 aromatic carbocycles. The molecule has 0 spiro atoms. The van der Waals surface area contributed by atoms with Crippen LogP contribution in [-0.2, 0) is 11.3 Å². The lowest BCUT2D eigenvalue weighted by Crippen LogP contribution is -2.15. The second-order valence-electron chi connectivity index (χ2n) is 6.77. The molecule has 4 heteroatoms. The fourth-order valence-corrected chi connectivity index (χ4v) is 3.21. The molecule has 0 aliphatic rings. The van der Waals surface area contributed by atoms with Crippen LogP contribution in [-0.4, -0.2) is 16.3 Å². The van der Waals surface area contributed by atoms with Gasteiger partial charge in [-0.05, 0) is 44.5 Å². The summed E-state index contributed by atoms with van der Waals surface area (Å²) in [7, 11) is 0. The molecule has 0 aliphatic heterocycles. The number of hydrogen-bond acceptors (Lipinski definition) is 2. The molecular weight excluding hydrogens is 336 g/mol. The average Bonchev–Trinajstić information content (AvgIpc) is 2.99. The Balaban J connectivity index is 1.80. The van der Waals surface area contributed by atoms with Crippen LogP contribution in [0, 0.1) is 13.8 Å². The van der Waals surface area contributed by atoms with Crippen molar-refractivity contribution in [2.75, 3.05) is 5.32 Å². The fraction of sp³-hybridized carbons (Fsp3) is 0.217. The number of rotatable bonds is 6. The fourth-order valence-electron chi connectivity index (χ4n) is 3.21. The lowest BCUT2D eigenvalue weighted by Gasteiger charge is -2.12. The predicted octanol–water partition coefficient (Wildman–Crippen LogP) is 5.00. The number of nitrogens with one attached hydrogen (secondary N) is 1. The third kappa shape index (κ3) is 4.34. The minimum atomic E-state index is -0.0460. The number of Topliss-reactive ketones (excluding diaryl/α,β-unsaturated/α-hetero) is 1. The lowest BCUT2D eigenvalue weighted by molar-refractivity contribution is -0.116. The van der Waals surface area contributed by atoms with Crippen LogP contribution < -0.4 is 5.32 Å². The molecule has 1 heterocycles. The number of carbonyl (C=O) groups is 2. The highest BCUT2D eigenvalue weighted by Gasteiger charge is 2.16. The highest BCUT2D eigenvalue weighted by molar-refractivity contribution is 5.97. The molecule has 0 aliphatic carbocycles. The number of aryl methyl sites for hydroxylation is 1. The number of amides is 1. The molecule has 138 valence electrons. The summed E-state index contributed by atoms with van der Waals surface area (Å²) in [6.45, 7) is 6.03. The second-order valence-corrected chi connectivity index (χ2v) is 6.77. The van der Waals surface area contributed by atoms with Crippen molar-refractivity contribution >= 4 is 17.4 Å². The molecular formula is C23H24N2O2. The third-order valence-corrected chi connectivity index (χ3v) is 4.71. The molecule has 0 atom stereocenters. The van der Waals surface area contributed by atoms with Crippen molar-refractivity contribution in [2.24, 2.45) is 0 Å². The van der Waals surface area contributed by atoms with Crippen molar-refractivity contribution < 1.29 is 9.59 Å². The van der Waals surface area contributed by atoms with Gasteiger partial charge in [0.2, 0.25) is 5.91 Å². The number of anilines is 1. The van der Waals surface area contributed by atoms with Crippen molar-refractivity contribution in [3.63, 3.8) is 0 Å². The normalized spacial score (nSPS) is 10.6. The van der Waals surface area contributed by atoms with Gasteiger partial charge in [-0.2, -0.15) is 0 Å². The highest BCUT2D eigenvalue weighted by atomic mass is 16.1. The molecule has 3 aromatic rings. The van der Waals surface area contributed by atoms with Gasteiger partial charge < -0.3 is 9.88 Å². The number of carbonyl (C=O) groups excluding carboxylic acids is 2. The number of ketones is 1. The summed E-state index contributed by atoms with van der Waals surface area (Å²) >= 11 is 0. The number of aromatic nitrogens is 1. The second kappa shape index (κ2) is 8.04. The van der Waals surface area contributed by atoms with Gasteiger partial charge >= 0.3 is 0 Å². The van der Waals surface area contributed by atoms with Crippen molar-refractivity contribution in [3.05, 3.63) is 77.5 Å². The number of nitrogens with zero attached hydrogens (tertiary/aromatic N) is 1. The smallest absolute Gasteiger partial charge is 0.226 e. The molecule has 1 aromatic heterocycles. The molecule has 0 radical (unpaired) electrons. The van der Waals surface area contributed by atoms with Crippen LogP contribution in [0.2, 0.25) is 0 Å².